The summed E-state index contributed by atoms with van der Waals surface area (Å²) in [5.41, 5.74) is 12.5. The van der Waals surface area contributed by atoms with Gasteiger partial charge in [-0.3, -0.25) is 4.99 Å². The maximum atomic E-state index is 5.31. The molecule has 1 aromatic heterocycles. The van der Waals surface area contributed by atoms with Crippen LogP contribution in [0.2, 0.25) is 0 Å². The van der Waals surface area contributed by atoms with Crippen LogP contribution in [0.1, 0.15) is 29.5 Å². The Morgan fingerprint density at radius 1 is 0.387 bits per heavy atom. The van der Waals surface area contributed by atoms with Crippen LogP contribution >= 0.6 is 0 Å². The van der Waals surface area contributed by atoms with Gasteiger partial charge in [-0.25, -0.2) is 15.0 Å². The summed E-state index contributed by atoms with van der Waals surface area (Å²) in [6.07, 6.45) is 7.43. The van der Waals surface area contributed by atoms with E-state index < -0.39 is 0 Å². The van der Waals surface area contributed by atoms with E-state index in [9.17, 15) is 0 Å². The lowest BCUT2D eigenvalue weighted by Gasteiger charge is -2.16. The number of para-hydroxylation sites is 1. The fourth-order valence-electron chi connectivity index (χ4n) is 9.48. The van der Waals surface area contributed by atoms with E-state index >= 15 is 0 Å². The number of aryl methyl sites for hydroxylation is 1. The molecule has 0 amide bonds. The Balaban J connectivity index is 1.05. The highest BCUT2D eigenvalue weighted by Gasteiger charge is 2.18. The minimum atomic E-state index is 0.642. The number of benzene rings is 9. The van der Waals surface area contributed by atoms with Crippen LogP contribution in [0.15, 0.2) is 193 Å². The molecule has 62 heavy (non-hydrogen) atoms. The summed E-state index contributed by atoms with van der Waals surface area (Å²) in [5.74, 6) is 1.95. The van der Waals surface area contributed by atoms with Gasteiger partial charge in [-0.15, -0.1) is 0 Å². The third-order valence-electron chi connectivity index (χ3n) is 12.6. The molecular weight excluding hydrogens is 753 g/mol. The van der Waals surface area contributed by atoms with Gasteiger partial charge in [-0.05, 0) is 139 Å². The summed E-state index contributed by atoms with van der Waals surface area (Å²) in [6, 6.07) is 65.7. The molecule has 0 radical (unpaired) electrons. The topological polar surface area (TPSA) is 51.0 Å². The predicted molar refractivity (Wildman–Crippen MR) is 256 cm³/mol. The van der Waals surface area contributed by atoms with Crippen molar-refractivity contribution in [1.29, 1.82) is 0 Å². The van der Waals surface area contributed by atoms with Crippen molar-refractivity contribution in [3.05, 3.63) is 215 Å². The maximum Gasteiger partial charge on any atom is 0.164 e. The first-order chi connectivity index (χ1) is 30.7. The van der Waals surface area contributed by atoms with Gasteiger partial charge in [0.05, 0.1) is 5.36 Å². The maximum absolute atomic E-state index is 5.31. The van der Waals surface area contributed by atoms with E-state index in [0.717, 1.165) is 69.9 Å². The Labute approximate surface area is 360 Å². The largest absolute Gasteiger partial charge is 0.284 e. The van der Waals surface area contributed by atoms with Crippen molar-refractivity contribution in [2.75, 3.05) is 6.54 Å². The van der Waals surface area contributed by atoms with Gasteiger partial charge in [-0.2, -0.15) is 0 Å². The zero-order valence-electron chi connectivity index (χ0n) is 34.1. The molecule has 2 heterocycles. The Morgan fingerprint density at radius 3 is 1.87 bits per heavy atom. The molecule has 0 spiro atoms. The molecule has 0 atom stereocenters. The molecule has 4 nitrogen and oxygen atoms in total. The second-order valence-corrected chi connectivity index (χ2v) is 16.4. The molecule has 4 heteroatoms. The molecule has 0 saturated heterocycles. The first-order valence-electron chi connectivity index (χ1n) is 21.5. The van der Waals surface area contributed by atoms with Crippen LogP contribution < -0.4 is 10.6 Å². The van der Waals surface area contributed by atoms with Crippen molar-refractivity contribution in [2.45, 2.75) is 19.3 Å². The van der Waals surface area contributed by atoms with E-state index in [2.05, 4.69) is 194 Å². The second-order valence-electron chi connectivity index (χ2n) is 16.4. The average Bonchev–Trinajstić information content (AvgIpc) is 3.35. The molecule has 0 fully saturated rings. The summed E-state index contributed by atoms with van der Waals surface area (Å²) < 4.78 is 0. The van der Waals surface area contributed by atoms with Crippen molar-refractivity contribution in [3.63, 3.8) is 0 Å². The fraction of sp³-hybridized carbons (Fsp3) is 0.0690. The zero-order valence-corrected chi connectivity index (χ0v) is 34.1. The van der Waals surface area contributed by atoms with E-state index in [-0.39, 0.29) is 0 Å². The van der Waals surface area contributed by atoms with E-state index in [4.69, 9.17) is 19.9 Å². The molecule has 2 aliphatic rings. The molecule has 10 aromatic rings. The second kappa shape index (κ2) is 15.0. The molecule has 1 aliphatic carbocycles. The molecule has 0 unspecified atom stereocenters. The monoisotopic (exact) mass is 792 g/mol. The van der Waals surface area contributed by atoms with Gasteiger partial charge >= 0.3 is 0 Å². The van der Waals surface area contributed by atoms with Gasteiger partial charge in [0.1, 0.15) is 0 Å². The summed E-state index contributed by atoms with van der Waals surface area (Å²) in [7, 11) is 0. The lowest BCUT2D eigenvalue weighted by atomic mass is 9.90. The Bertz CT molecular complexity index is 3580. The third-order valence-corrected chi connectivity index (χ3v) is 12.6. The average molecular weight is 793 g/mol. The number of rotatable bonds is 6. The molecule has 9 aromatic carbocycles. The van der Waals surface area contributed by atoms with Gasteiger partial charge in [0.15, 0.2) is 17.5 Å². The zero-order chi connectivity index (χ0) is 41.0. The summed E-state index contributed by atoms with van der Waals surface area (Å²) in [6.45, 7) is 0.745. The van der Waals surface area contributed by atoms with Crippen LogP contribution in [0, 0.1) is 0 Å². The van der Waals surface area contributed by atoms with Gasteiger partial charge in [0, 0.05) is 28.5 Å². The van der Waals surface area contributed by atoms with E-state index in [1.165, 1.54) is 60.0 Å². The fourth-order valence-corrected chi connectivity index (χ4v) is 9.48. The highest BCUT2D eigenvalue weighted by Crippen LogP contribution is 2.38. The highest BCUT2D eigenvalue weighted by atomic mass is 15.0. The lowest BCUT2D eigenvalue weighted by Crippen LogP contribution is -2.31. The van der Waals surface area contributed by atoms with Crippen LogP contribution in [0.3, 0.4) is 0 Å². The van der Waals surface area contributed by atoms with E-state index in [1.54, 1.807) is 0 Å². The number of fused-ring (bicyclic) bond motifs is 6. The van der Waals surface area contributed by atoms with Crippen molar-refractivity contribution in [3.8, 4) is 56.4 Å². The van der Waals surface area contributed by atoms with Crippen LogP contribution in [0.25, 0.3) is 100 Å². The molecular formula is C58H40N4. The molecule has 0 bridgehead atoms. The molecule has 1 aliphatic heterocycles. The third kappa shape index (κ3) is 6.48. The normalized spacial score (nSPS) is 13.3. The van der Waals surface area contributed by atoms with Crippen molar-refractivity contribution < 1.29 is 0 Å². The minimum Gasteiger partial charge on any atom is -0.284 e. The van der Waals surface area contributed by atoms with Gasteiger partial charge in [-0.1, -0.05) is 152 Å². The van der Waals surface area contributed by atoms with Crippen molar-refractivity contribution >= 4 is 44.0 Å². The van der Waals surface area contributed by atoms with Gasteiger partial charge in [0.2, 0.25) is 0 Å². The van der Waals surface area contributed by atoms with Crippen LogP contribution in [0.4, 0.5) is 0 Å². The number of hydrogen-bond donors (Lipinski definition) is 0. The number of hydrogen-bond acceptors (Lipinski definition) is 4. The summed E-state index contributed by atoms with van der Waals surface area (Å²) in [5, 5.41) is 9.58. The van der Waals surface area contributed by atoms with Gasteiger partial charge < -0.3 is 0 Å². The Kier molecular flexibility index (Phi) is 8.74. The Morgan fingerprint density at radius 2 is 1.02 bits per heavy atom. The first-order valence-corrected chi connectivity index (χ1v) is 21.5. The number of aromatic nitrogens is 3. The number of allylic oxidation sites excluding steroid dienone is 1. The molecule has 12 rings (SSSR count). The highest BCUT2D eigenvalue weighted by molar-refractivity contribution is 6.13. The standard InChI is InChI=1S/C58H40N4/c1-3-13-41-31-44(27-23-37(41)11-1)56-60-57(45-28-24-38-12-2-4-14-42(38)32-45)62-58(61-56)48-34-46(33-47(35-48)50-29-30-59-55-20-10-9-19-53(50)55)39-21-25-40(26-22-39)54-36-43-15-5-6-16-49(43)51-17-7-8-18-52(51)54/h1,3-11,13-28,31-36H,2,12,29-30H2. The van der Waals surface area contributed by atoms with Crippen LogP contribution in [-0.2, 0) is 6.42 Å². The molecule has 292 valence electrons. The van der Waals surface area contributed by atoms with E-state index in [1.807, 2.05) is 0 Å². The first kappa shape index (κ1) is 36.1. The van der Waals surface area contributed by atoms with Crippen molar-refractivity contribution in [2.24, 2.45) is 4.99 Å². The summed E-state index contributed by atoms with van der Waals surface area (Å²) in [4.78, 5) is 20.7. The Hall–Kier alpha value is -7.82. The van der Waals surface area contributed by atoms with E-state index in [0.29, 0.717) is 17.5 Å². The van der Waals surface area contributed by atoms with Gasteiger partial charge in [0.25, 0.3) is 0 Å². The number of nitrogens with zero attached hydrogens (tertiary/aromatic N) is 4. The lowest BCUT2D eigenvalue weighted by molar-refractivity contribution is 0.938. The summed E-state index contributed by atoms with van der Waals surface area (Å²) >= 11 is 0. The quantitative estimate of drug-likeness (QED) is 0.158. The molecule has 0 saturated carbocycles. The molecule has 0 N–H and O–H groups in total. The predicted octanol–water partition coefficient (Wildman–Crippen LogP) is 12.8. The van der Waals surface area contributed by atoms with Crippen molar-refractivity contribution in [1.82, 2.24) is 15.0 Å². The van der Waals surface area contributed by atoms with Crippen LogP contribution in [-0.4, -0.2) is 21.5 Å². The minimum absolute atomic E-state index is 0.642. The van der Waals surface area contributed by atoms with Crippen LogP contribution in [0.5, 0.6) is 0 Å². The SMILES string of the molecule is C1=Cc2cc(-c3nc(-c4cc(C5=c6ccccc6=NCC5)cc(-c5ccc(-c6cc7ccccc7c7ccccc67)cc5)c4)nc(-c4ccc5ccccc5c4)n3)ccc2CC1. The smallest absolute Gasteiger partial charge is 0.164 e.